The van der Waals surface area contributed by atoms with Gasteiger partial charge in [-0.25, -0.2) is 0 Å². The molecule has 2 aliphatic rings. The van der Waals surface area contributed by atoms with Crippen LogP contribution >= 0.6 is 0 Å². The molecule has 2 fully saturated rings. The third kappa shape index (κ3) is 2.51. The lowest BCUT2D eigenvalue weighted by Gasteiger charge is -2.07. The summed E-state index contributed by atoms with van der Waals surface area (Å²) in [6.07, 6.45) is 10.1. The van der Waals surface area contributed by atoms with Crippen LogP contribution in [0.25, 0.3) is 0 Å². The van der Waals surface area contributed by atoms with E-state index in [0.29, 0.717) is 17.7 Å². The molecule has 0 bridgehead atoms. The molecule has 94 valence electrons. The van der Waals surface area contributed by atoms with Crippen LogP contribution in [0.5, 0.6) is 0 Å². The number of rotatable bonds is 3. The van der Waals surface area contributed by atoms with Crippen molar-refractivity contribution in [3.8, 4) is 0 Å². The largest absolute Gasteiger partial charge is 0.338 e. The van der Waals surface area contributed by atoms with E-state index in [0.717, 1.165) is 5.82 Å². The molecule has 1 aromatic heterocycles. The second-order valence-corrected chi connectivity index (χ2v) is 5.54. The maximum Gasteiger partial charge on any atom is 0.243 e. The minimum Gasteiger partial charge on any atom is -0.338 e. The summed E-state index contributed by atoms with van der Waals surface area (Å²) < 4.78 is 5.34. The normalized spacial score (nSPS) is 24.5. The molecular formula is C13H21N3O. The van der Waals surface area contributed by atoms with E-state index in [1.165, 1.54) is 51.4 Å². The van der Waals surface area contributed by atoms with Crippen LogP contribution in [0, 0.1) is 5.92 Å². The highest BCUT2D eigenvalue weighted by Gasteiger charge is 2.33. The molecular weight excluding hydrogens is 214 g/mol. The average molecular weight is 235 g/mol. The van der Waals surface area contributed by atoms with Gasteiger partial charge in [0.05, 0.1) is 6.04 Å². The van der Waals surface area contributed by atoms with Gasteiger partial charge in [0, 0.05) is 5.92 Å². The van der Waals surface area contributed by atoms with Crippen molar-refractivity contribution in [1.29, 1.82) is 0 Å². The number of nitrogens with zero attached hydrogens (tertiary/aromatic N) is 2. The van der Waals surface area contributed by atoms with Gasteiger partial charge in [-0.2, -0.15) is 4.98 Å². The van der Waals surface area contributed by atoms with Crippen LogP contribution in [0.4, 0.5) is 0 Å². The molecule has 0 spiro atoms. The lowest BCUT2D eigenvalue weighted by Crippen LogP contribution is -2.13. The third-order valence-corrected chi connectivity index (χ3v) is 4.09. The van der Waals surface area contributed by atoms with E-state index >= 15 is 0 Å². The predicted octanol–water partition coefficient (Wildman–Crippen LogP) is 2.92. The molecule has 0 amide bonds. The topological polar surface area (TPSA) is 64.9 Å². The van der Waals surface area contributed by atoms with Gasteiger partial charge in [-0.3, -0.25) is 0 Å². The summed E-state index contributed by atoms with van der Waals surface area (Å²) in [6.45, 7) is 0. The molecule has 1 unspecified atom stereocenters. The highest BCUT2D eigenvalue weighted by molar-refractivity contribution is 5.02. The van der Waals surface area contributed by atoms with Gasteiger partial charge < -0.3 is 10.3 Å². The van der Waals surface area contributed by atoms with Crippen LogP contribution in [0.1, 0.15) is 75.0 Å². The quantitative estimate of drug-likeness (QED) is 0.818. The van der Waals surface area contributed by atoms with E-state index in [-0.39, 0.29) is 6.04 Å². The molecule has 1 heterocycles. The molecule has 17 heavy (non-hydrogen) atoms. The van der Waals surface area contributed by atoms with Crippen molar-refractivity contribution in [2.24, 2.45) is 11.7 Å². The highest BCUT2D eigenvalue weighted by Crippen LogP contribution is 2.39. The van der Waals surface area contributed by atoms with Crippen molar-refractivity contribution < 1.29 is 4.52 Å². The number of aromatic nitrogens is 2. The van der Waals surface area contributed by atoms with E-state index in [1.54, 1.807) is 0 Å². The zero-order chi connectivity index (χ0) is 11.7. The zero-order valence-electron chi connectivity index (χ0n) is 10.3. The first kappa shape index (κ1) is 11.2. The first-order valence-electron chi connectivity index (χ1n) is 6.93. The van der Waals surface area contributed by atoms with Crippen LogP contribution in [0.3, 0.4) is 0 Å². The second kappa shape index (κ2) is 4.77. The van der Waals surface area contributed by atoms with E-state index < -0.39 is 0 Å². The smallest absolute Gasteiger partial charge is 0.243 e. The molecule has 4 heteroatoms. The van der Waals surface area contributed by atoms with Crippen LogP contribution in [-0.2, 0) is 0 Å². The van der Waals surface area contributed by atoms with Crippen molar-refractivity contribution >= 4 is 0 Å². The highest BCUT2D eigenvalue weighted by atomic mass is 16.5. The summed E-state index contributed by atoms with van der Waals surface area (Å²) in [6, 6.07) is -0.0259. The Morgan fingerprint density at radius 2 is 1.76 bits per heavy atom. The van der Waals surface area contributed by atoms with E-state index in [4.69, 9.17) is 10.3 Å². The van der Waals surface area contributed by atoms with Crippen LogP contribution in [0.2, 0.25) is 0 Å². The molecule has 4 nitrogen and oxygen atoms in total. The van der Waals surface area contributed by atoms with Gasteiger partial charge in [-0.15, -0.1) is 0 Å². The van der Waals surface area contributed by atoms with Gasteiger partial charge >= 0.3 is 0 Å². The molecule has 1 atom stereocenters. The van der Waals surface area contributed by atoms with Crippen molar-refractivity contribution in [2.75, 3.05) is 0 Å². The van der Waals surface area contributed by atoms with E-state index in [2.05, 4.69) is 10.1 Å². The molecule has 0 aliphatic heterocycles. The summed E-state index contributed by atoms with van der Waals surface area (Å²) in [5, 5.41) is 4.15. The minimum absolute atomic E-state index is 0.0259. The standard InChI is InChI=1S/C13H21N3O/c14-11(9-7-8-9)13-15-12(16-17-13)10-5-3-1-2-4-6-10/h9-11H,1-8,14H2. The van der Waals surface area contributed by atoms with Crippen molar-refractivity contribution in [3.05, 3.63) is 11.7 Å². The number of nitrogens with two attached hydrogens (primary N) is 1. The molecule has 1 aromatic rings. The summed E-state index contributed by atoms with van der Waals surface area (Å²) in [7, 11) is 0. The Kier molecular flexibility index (Phi) is 3.14. The summed E-state index contributed by atoms with van der Waals surface area (Å²) in [5.74, 6) is 2.64. The Hall–Kier alpha value is -0.900. The lowest BCUT2D eigenvalue weighted by atomic mass is 10.00. The Balaban J connectivity index is 1.69. The molecule has 3 rings (SSSR count). The fourth-order valence-corrected chi connectivity index (χ4v) is 2.74. The van der Waals surface area contributed by atoms with E-state index in [1.807, 2.05) is 0 Å². The fourth-order valence-electron chi connectivity index (χ4n) is 2.74. The Morgan fingerprint density at radius 3 is 2.41 bits per heavy atom. The first-order chi connectivity index (χ1) is 8.34. The fraction of sp³-hybridized carbons (Fsp3) is 0.846. The summed E-state index contributed by atoms with van der Waals surface area (Å²) in [5.41, 5.74) is 6.08. The Bertz CT molecular complexity index is 364. The molecule has 0 radical (unpaired) electrons. The average Bonchev–Trinajstić information content (AvgIpc) is 3.12. The molecule has 2 N–H and O–H groups in total. The van der Waals surface area contributed by atoms with Gasteiger partial charge in [-0.05, 0) is 31.6 Å². The van der Waals surface area contributed by atoms with Gasteiger partial charge in [0.2, 0.25) is 5.89 Å². The number of hydrogen-bond acceptors (Lipinski definition) is 4. The molecule has 2 saturated carbocycles. The van der Waals surface area contributed by atoms with E-state index in [9.17, 15) is 0 Å². The zero-order valence-corrected chi connectivity index (χ0v) is 10.3. The van der Waals surface area contributed by atoms with Crippen LogP contribution < -0.4 is 5.73 Å². The lowest BCUT2D eigenvalue weighted by molar-refractivity contribution is 0.336. The van der Waals surface area contributed by atoms with Crippen molar-refractivity contribution in [3.63, 3.8) is 0 Å². The SMILES string of the molecule is NC(c1nc(C2CCCCCC2)no1)C1CC1. The minimum atomic E-state index is -0.0259. The Labute approximate surface area is 102 Å². The van der Waals surface area contributed by atoms with Gasteiger partial charge in [0.1, 0.15) is 0 Å². The molecule has 2 aliphatic carbocycles. The monoisotopic (exact) mass is 235 g/mol. The molecule has 0 saturated heterocycles. The van der Waals surface area contributed by atoms with Gasteiger partial charge in [-0.1, -0.05) is 30.8 Å². The van der Waals surface area contributed by atoms with Crippen molar-refractivity contribution in [1.82, 2.24) is 10.1 Å². The second-order valence-electron chi connectivity index (χ2n) is 5.54. The maximum atomic E-state index is 6.08. The van der Waals surface area contributed by atoms with Crippen LogP contribution in [0.15, 0.2) is 4.52 Å². The number of hydrogen-bond donors (Lipinski definition) is 1. The van der Waals surface area contributed by atoms with Gasteiger partial charge in [0.25, 0.3) is 0 Å². The Morgan fingerprint density at radius 1 is 1.06 bits per heavy atom. The summed E-state index contributed by atoms with van der Waals surface area (Å²) >= 11 is 0. The van der Waals surface area contributed by atoms with Gasteiger partial charge in [0.15, 0.2) is 5.82 Å². The van der Waals surface area contributed by atoms with Crippen LogP contribution in [-0.4, -0.2) is 10.1 Å². The summed E-state index contributed by atoms with van der Waals surface area (Å²) in [4.78, 5) is 4.53. The predicted molar refractivity (Wildman–Crippen MR) is 64.4 cm³/mol. The van der Waals surface area contributed by atoms with Crippen molar-refractivity contribution in [2.45, 2.75) is 63.3 Å². The first-order valence-corrected chi connectivity index (χ1v) is 6.93. The third-order valence-electron chi connectivity index (χ3n) is 4.09. The molecule has 0 aromatic carbocycles. The maximum absolute atomic E-state index is 6.08.